The van der Waals surface area contributed by atoms with Gasteiger partial charge < -0.3 is 5.32 Å². The van der Waals surface area contributed by atoms with Crippen LogP contribution in [0.15, 0.2) is 22.7 Å². The van der Waals surface area contributed by atoms with Crippen LogP contribution in [0, 0.1) is 0 Å². The van der Waals surface area contributed by atoms with Crippen molar-refractivity contribution in [1.29, 1.82) is 0 Å². The van der Waals surface area contributed by atoms with E-state index < -0.39 is 0 Å². The van der Waals surface area contributed by atoms with Crippen LogP contribution in [0.2, 0.25) is 0 Å². The van der Waals surface area contributed by atoms with Crippen LogP contribution in [0.25, 0.3) is 0 Å². The molecule has 0 fully saturated rings. The lowest BCUT2D eigenvalue weighted by molar-refractivity contribution is 0.592. The molecule has 0 radical (unpaired) electrons. The van der Waals surface area contributed by atoms with Crippen LogP contribution >= 0.6 is 15.9 Å². The van der Waals surface area contributed by atoms with E-state index in [9.17, 15) is 0 Å². The maximum atomic E-state index is 3.65. The summed E-state index contributed by atoms with van der Waals surface area (Å²) in [4.78, 5) is 0. The van der Waals surface area contributed by atoms with Crippen molar-refractivity contribution in [2.24, 2.45) is 0 Å². The molecule has 1 nitrogen and oxygen atoms in total. The van der Waals surface area contributed by atoms with Crippen molar-refractivity contribution in [2.45, 2.75) is 25.7 Å². The molecule has 1 atom stereocenters. The molecule has 0 aromatic heterocycles. The second-order valence-corrected chi connectivity index (χ2v) is 4.71. The highest BCUT2D eigenvalue weighted by Crippen LogP contribution is 2.37. The Kier molecular flexibility index (Phi) is 3.24. The average molecular weight is 254 g/mol. The minimum absolute atomic E-state index is 0.709. The number of halogens is 1. The van der Waals surface area contributed by atoms with Gasteiger partial charge in [0, 0.05) is 11.0 Å². The quantitative estimate of drug-likeness (QED) is 0.874. The Morgan fingerprint density at radius 2 is 2.36 bits per heavy atom. The van der Waals surface area contributed by atoms with E-state index in [0.717, 1.165) is 13.1 Å². The van der Waals surface area contributed by atoms with Gasteiger partial charge in [-0.3, -0.25) is 0 Å². The van der Waals surface area contributed by atoms with E-state index in [2.05, 4.69) is 46.4 Å². The first-order valence-corrected chi connectivity index (χ1v) is 6.10. The van der Waals surface area contributed by atoms with Gasteiger partial charge >= 0.3 is 0 Å². The monoisotopic (exact) mass is 253 g/mol. The van der Waals surface area contributed by atoms with E-state index in [-0.39, 0.29) is 0 Å². The highest BCUT2D eigenvalue weighted by Gasteiger charge is 2.23. The SMILES string of the molecule is CCNCC1CCc2cccc(Br)c21. The molecule has 1 aliphatic rings. The summed E-state index contributed by atoms with van der Waals surface area (Å²) in [7, 11) is 0. The van der Waals surface area contributed by atoms with Crippen molar-refractivity contribution < 1.29 is 0 Å². The first-order chi connectivity index (χ1) is 6.83. The maximum absolute atomic E-state index is 3.65. The number of benzene rings is 1. The predicted molar refractivity (Wildman–Crippen MR) is 63.7 cm³/mol. The fraction of sp³-hybridized carbons (Fsp3) is 0.500. The molecule has 14 heavy (non-hydrogen) atoms. The molecule has 0 bridgehead atoms. The molecule has 1 unspecified atom stereocenters. The smallest absolute Gasteiger partial charge is 0.0213 e. The summed E-state index contributed by atoms with van der Waals surface area (Å²) in [6, 6.07) is 6.55. The molecule has 1 aliphatic carbocycles. The third-order valence-corrected chi connectivity index (χ3v) is 3.65. The molecule has 76 valence electrons. The second kappa shape index (κ2) is 4.45. The minimum atomic E-state index is 0.709. The molecule has 0 aliphatic heterocycles. The van der Waals surface area contributed by atoms with E-state index in [0.29, 0.717) is 5.92 Å². The first-order valence-electron chi connectivity index (χ1n) is 5.31. The van der Waals surface area contributed by atoms with Crippen molar-refractivity contribution in [3.05, 3.63) is 33.8 Å². The zero-order valence-electron chi connectivity index (χ0n) is 8.52. The Morgan fingerprint density at radius 1 is 1.50 bits per heavy atom. The van der Waals surface area contributed by atoms with Gasteiger partial charge in [0.25, 0.3) is 0 Å². The van der Waals surface area contributed by atoms with Gasteiger partial charge in [0.05, 0.1) is 0 Å². The molecular weight excluding hydrogens is 238 g/mol. The van der Waals surface area contributed by atoms with Gasteiger partial charge in [0.1, 0.15) is 0 Å². The van der Waals surface area contributed by atoms with Gasteiger partial charge in [-0.1, -0.05) is 35.0 Å². The van der Waals surface area contributed by atoms with Crippen molar-refractivity contribution in [1.82, 2.24) is 5.32 Å². The number of fused-ring (bicyclic) bond motifs is 1. The molecule has 1 N–H and O–H groups in total. The van der Waals surface area contributed by atoms with Crippen LogP contribution in [-0.4, -0.2) is 13.1 Å². The highest BCUT2D eigenvalue weighted by atomic mass is 79.9. The summed E-state index contributed by atoms with van der Waals surface area (Å²) in [5.41, 5.74) is 3.07. The van der Waals surface area contributed by atoms with Crippen LogP contribution in [0.1, 0.15) is 30.4 Å². The lowest BCUT2D eigenvalue weighted by Gasteiger charge is -2.13. The maximum Gasteiger partial charge on any atom is 0.0213 e. The Bertz CT molecular complexity index is 322. The van der Waals surface area contributed by atoms with Gasteiger partial charge in [-0.25, -0.2) is 0 Å². The largest absolute Gasteiger partial charge is 0.316 e. The van der Waals surface area contributed by atoms with E-state index in [1.54, 1.807) is 0 Å². The number of likely N-dealkylation sites (N-methyl/N-ethyl adjacent to an activating group) is 1. The molecule has 2 heteroatoms. The molecule has 2 rings (SSSR count). The zero-order chi connectivity index (χ0) is 9.97. The zero-order valence-corrected chi connectivity index (χ0v) is 10.1. The molecule has 0 amide bonds. The summed E-state index contributed by atoms with van der Waals surface area (Å²) in [5.74, 6) is 0.709. The standard InChI is InChI=1S/C12H16BrN/c1-2-14-8-10-7-6-9-4-3-5-11(13)12(9)10/h3-5,10,14H,2,6-8H2,1H3. The topological polar surface area (TPSA) is 12.0 Å². The van der Waals surface area contributed by atoms with Crippen LogP contribution in [0.4, 0.5) is 0 Å². The highest BCUT2D eigenvalue weighted by molar-refractivity contribution is 9.10. The lowest BCUT2D eigenvalue weighted by Crippen LogP contribution is -2.19. The number of nitrogens with one attached hydrogen (secondary N) is 1. The predicted octanol–water partition coefficient (Wildman–Crippen LogP) is 3.09. The normalized spacial score (nSPS) is 19.7. The fourth-order valence-electron chi connectivity index (χ4n) is 2.25. The van der Waals surface area contributed by atoms with Crippen LogP contribution in [0.3, 0.4) is 0 Å². The van der Waals surface area contributed by atoms with E-state index in [1.807, 2.05) is 0 Å². The second-order valence-electron chi connectivity index (χ2n) is 3.86. The van der Waals surface area contributed by atoms with E-state index in [1.165, 1.54) is 28.4 Å². The van der Waals surface area contributed by atoms with Crippen LogP contribution in [-0.2, 0) is 6.42 Å². The van der Waals surface area contributed by atoms with Gasteiger partial charge in [0.15, 0.2) is 0 Å². The van der Waals surface area contributed by atoms with Crippen molar-refractivity contribution in [3.63, 3.8) is 0 Å². The van der Waals surface area contributed by atoms with Crippen molar-refractivity contribution in [3.8, 4) is 0 Å². The van der Waals surface area contributed by atoms with Crippen molar-refractivity contribution in [2.75, 3.05) is 13.1 Å². The Hall–Kier alpha value is -0.340. The minimum Gasteiger partial charge on any atom is -0.316 e. The molecule has 1 aromatic carbocycles. The van der Waals surface area contributed by atoms with Gasteiger partial charge in [-0.05, 0) is 42.5 Å². The van der Waals surface area contributed by atoms with Gasteiger partial charge in [0.2, 0.25) is 0 Å². The van der Waals surface area contributed by atoms with E-state index >= 15 is 0 Å². The Morgan fingerprint density at radius 3 is 3.14 bits per heavy atom. The third-order valence-electron chi connectivity index (χ3n) is 2.95. The lowest BCUT2D eigenvalue weighted by atomic mass is 10.0. The van der Waals surface area contributed by atoms with E-state index in [4.69, 9.17) is 0 Å². The van der Waals surface area contributed by atoms with Crippen molar-refractivity contribution >= 4 is 15.9 Å². The molecule has 1 aromatic rings. The average Bonchev–Trinajstić information content (AvgIpc) is 2.59. The van der Waals surface area contributed by atoms with Gasteiger partial charge in [-0.2, -0.15) is 0 Å². The van der Waals surface area contributed by atoms with Crippen LogP contribution < -0.4 is 5.32 Å². The summed E-state index contributed by atoms with van der Waals surface area (Å²) < 4.78 is 1.29. The summed E-state index contributed by atoms with van der Waals surface area (Å²) in [5, 5.41) is 3.44. The molecule has 0 heterocycles. The number of rotatable bonds is 3. The fourth-order valence-corrected chi connectivity index (χ4v) is 2.98. The van der Waals surface area contributed by atoms with Crippen LogP contribution in [0.5, 0.6) is 0 Å². The first kappa shape index (κ1) is 10.2. The third kappa shape index (κ3) is 1.86. The summed E-state index contributed by atoms with van der Waals surface area (Å²) >= 11 is 3.65. The molecule has 0 saturated carbocycles. The Labute approximate surface area is 94.0 Å². The number of hydrogen-bond acceptors (Lipinski definition) is 1. The number of hydrogen-bond donors (Lipinski definition) is 1. The summed E-state index contributed by atoms with van der Waals surface area (Å²) in [6.07, 6.45) is 2.54. The molecular formula is C12H16BrN. The molecule has 0 spiro atoms. The summed E-state index contributed by atoms with van der Waals surface area (Å²) in [6.45, 7) is 4.35. The molecule has 0 saturated heterocycles. The number of aryl methyl sites for hydroxylation is 1. The Balaban J connectivity index is 2.20. The van der Waals surface area contributed by atoms with Gasteiger partial charge in [-0.15, -0.1) is 0 Å².